The van der Waals surface area contributed by atoms with Gasteiger partial charge in [-0.25, -0.2) is 4.79 Å². The van der Waals surface area contributed by atoms with Gasteiger partial charge in [-0.2, -0.15) is 0 Å². The van der Waals surface area contributed by atoms with Crippen molar-refractivity contribution in [3.8, 4) is 0 Å². The SMILES string of the molecule is N.N.N.N.NCCCCN(CCCN)C(=O)OCc1ccccc1.O=[N+]([O-])[O-].O=[N+]([O-])[O-].[Cl-].[Cl-].[Pt+2].[Pt+2]. The second kappa shape index (κ2) is 46.9. The van der Waals surface area contributed by atoms with E-state index in [9.17, 15) is 4.79 Å². The number of amides is 1. The van der Waals surface area contributed by atoms with Gasteiger partial charge in [-0.05, 0) is 37.9 Å². The fourth-order valence-corrected chi connectivity index (χ4v) is 1.83. The van der Waals surface area contributed by atoms with Crippen LogP contribution in [0.25, 0.3) is 0 Å². The van der Waals surface area contributed by atoms with Crippen LogP contribution in [0.4, 0.5) is 4.79 Å². The summed E-state index contributed by atoms with van der Waals surface area (Å²) >= 11 is 0. The summed E-state index contributed by atoms with van der Waals surface area (Å²) in [6, 6.07) is 9.66. The average molecular weight is 933 g/mol. The minimum atomic E-state index is -1.75. The topological polar surface area (TPSA) is 354 Å². The van der Waals surface area contributed by atoms with E-state index >= 15 is 0 Å². The first kappa shape index (κ1) is 64.6. The molecule has 1 aromatic rings. The molecule has 0 fully saturated rings. The van der Waals surface area contributed by atoms with Crippen LogP contribution in [-0.4, -0.2) is 47.3 Å². The maximum atomic E-state index is 12.0. The van der Waals surface area contributed by atoms with E-state index in [1.807, 2.05) is 30.3 Å². The normalized spacial score (nSPS) is 7.06. The van der Waals surface area contributed by atoms with Gasteiger partial charge in [0.15, 0.2) is 0 Å². The summed E-state index contributed by atoms with van der Waals surface area (Å²) in [7, 11) is 0. The van der Waals surface area contributed by atoms with Gasteiger partial charge in [0.05, 0.1) is 10.2 Å². The number of halogens is 2. The molecule has 0 unspecified atom stereocenters. The van der Waals surface area contributed by atoms with E-state index in [1.54, 1.807) is 4.90 Å². The summed E-state index contributed by atoms with van der Waals surface area (Å²) in [6.45, 7) is 2.82. The molecular formula is C15H37Cl2N9O8Pt2. The number of carbonyl (C=O) groups excluding carboxylic acids is 1. The minimum absolute atomic E-state index is 0. The summed E-state index contributed by atoms with van der Waals surface area (Å²) in [5, 5.41) is 29.5. The zero-order chi connectivity index (χ0) is 21.8. The number of hydrogen-bond donors (Lipinski definition) is 6. The maximum Gasteiger partial charge on any atom is 2.00 e. The zero-order valence-corrected chi connectivity index (χ0v) is 25.6. The molecular weight excluding hydrogens is 895 g/mol. The van der Waals surface area contributed by atoms with Crippen LogP contribution in [0.2, 0.25) is 0 Å². The largest absolute Gasteiger partial charge is 2.00 e. The Morgan fingerprint density at radius 2 is 1.14 bits per heavy atom. The molecule has 1 amide bonds. The van der Waals surface area contributed by atoms with Gasteiger partial charge in [-0.15, -0.1) is 0 Å². The van der Waals surface area contributed by atoms with Crippen molar-refractivity contribution >= 4 is 6.09 Å². The van der Waals surface area contributed by atoms with Crippen LogP contribution >= 0.6 is 0 Å². The van der Waals surface area contributed by atoms with Gasteiger partial charge in [0, 0.05) is 13.1 Å². The van der Waals surface area contributed by atoms with Crippen LogP contribution in [0.15, 0.2) is 30.3 Å². The molecule has 0 atom stereocenters. The molecule has 1 aromatic carbocycles. The summed E-state index contributed by atoms with van der Waals surface area (Å²) in [6.07, 6.45) is 2.30. The minimum Gasteiger partial charge on any atom is -1.00 e. The van der Waals surface area contributed by atoms with Crippen molar-refractivity contribution in [3.63, 3.8) is 0 Å². The summed E-state index contributed by atoms with van der Waals surface area (Å²) in [4.78, 5) is 30.3. The molecule has 0 saturated carbocycles. The number of ether oxygens (including phenoxy) is 1. The van der Waals surface area contributed by atoms with Gasteiger partial charge < -0.3 is 101 Å². The molecule has 36 heavy (non-hydrogen) atoms. The van der Waals surface area contributed by atoms with Gasteiger partial charge in [0.1, 0.15) is 6.61 Å². The predicted molar refractivity (Wildman–Crippen MR) is 121 cm³/mol. The van der Waals surface area contributed by atoms with Crippen LogP contribution in [0.3, 0.4) is 0 Å². The molecule has 0 heterocycles. The number of carbonyl (C=O) groups is 1. The molecule has 0 aliphatic heterocycles. The molecule has 0 radical (unpaired) electrons. The Morgan fingerprint density at radius 1 is 0.778 bits per heavy atom. The number of rotatable bonds is 9. The van der Waals surface area contributed by atoms with Crippen molar-refractivity contribution in [2.75, 3.05) is 26.2 Å². The van der Waals surface area contributed by atoms with E-state index in [0.717, 1.165) is 24.8 Å². The molecule has 0 aliphatic carbocycles. The van der Waals surface area contributed by atoms with Gasteiger partial charge in [0.2, 0.25) is 0 Å². The van der Waals surface area contributed by atoms with Gasteiger partial charge in [-0.1, -0.05) is 30.3 Å². The fraction of sp³-hybridized carbons (Fsp3) is 0.533. The van der Waals surface area contributed by atoms with Gasteiger partial charge >= 0.3 is 48.2 Å². The van der Waals surface area contributed by atoms with Crippen molar-refractivity contribution in [1.82, 2.24) is 29.5 Å². The van der Waals surface area contributed by atoms with Crippen LogP contribution < -0.4 is 60.9 Å². The van der Waals surface area contributed by atoms with Crippen molar-refractivity contribution in [1.29, 1.82) is 0 Å². The smallest absolute Gasteiger partial charge is 1.00 e. The van der Waals surface area contributed by atoms with Crippen LogP contribution in [0.1, 0.15) is 24.8 Å². The standard InChI is InChI=1S/C15H25N3O2.2ClH.2NO3.4H3N.2Pt/c16-9-4-5-11-18(12-6-10-17)15(19)20-13-14-7-2-1-3-8-14;;;2*2-1(3)4;;;;;;/h1-3,7-8H,4-6,9-13,16-17H2;2*1H;;;4*1H3;;/q;;;2*-1;;;;;2*+2/p-2. The number of unbranched alkanes of at least 4 members (excludes halogenated alkanes) is 1. The van der Waals surface area contributed by atoms with E-state index in [-0.39, 0.29) is 97.6 Å². The summed E-state index contributed by atoms with van der Waals surface area (Å²) in [5.41, 5.74) is 12.0. The molecule has 21 heteroatoms. The molecule has 16 N–H and O–H groups in total. The molecule has 0 saturated heterocycles. The monoisotopic (exact) mass is 931 g/mol. The van der Waals surface area contributed by atoms with Crippen LogP contribution in [0.5, 0.6) is 0 Å². The molecule has 0 spiro atoms. The summed E-state index contributed by atoms with van der Waals surface area (Å²) < 4.78 is 5.33. The molecule has 0 aromatic heterocycles. The Morgan fingerprint density at radius 3 is 1.50 bits per heavy atom. The van der Waals surface area contributed by atoms with Crippen molar-refractivity contribution < 1.29 is 86.6 Å². The number of nitrogens with two attached hydrogens (primary N) is 2. The summed E-state index contributed by atoms with van der Waals surface area (Å²) in [5.74, 6) is 0. The molecule has 224 valence electrons. The zero-order valence-electron chi connectivity index (χ0n) is 19.5. The predicted octanol–water partition coefficient (Wildman–Crippen LogP) is -4.11. The van der Waals surface area contributed by atoms with Gasteiger partial charge in [-0.3, -0.25) is 0 Å². The van der Waals surface area contributed by atoms with Crippen LogP contribution in [-0.2, 0) is 53.5 Å². The van der Waals surface area contributed by atoms with Crippen molar-refractivity contribution in [2.45, 2.75) is 25.9 Å². The first-order valence-corrected chi connectivity index (χ1v) is 8.23. The van der Waals surface area contributed by atoms with E-state index < -0.39 is 10.2 Å². The Bertz CT molecular complexity index is 557. The van der Waals surface area contributed by atoms with E-state index in [2.05, 4.69) is 0 Å². The molecule has 17 nitrogen and oxygen atoms in total. The first-order valence-electron chi connectivity index (χ1n) is 8.23. The molecule has 0 bridgehead atoms. The Hall–Kier alpha value is -1.39. The molecule has 0 aliphatic rings. The Balaban J connectivity index is -0.0000000467. The first-order chi connectivity index (χ1) is 13.2. The third-order valence-electron chi connectivity index (χ3n) is 2.98. The third-order valence-corrected chi connectivity index (χ3v) is 2.98. The molecule has 1 rings (SSSR count). The van der Waals surface area contributed by atoms with E-state index in [0.29, 0.717) is 32.8 Å². The Kier molecular flexibility index (Phi) is 84.1. The Labute approximate surface area is 251 Å². The fourth-order valence-electron chi connectivity index (χ4n) is 1.83. The quantitative estimate of drug-likeness (QED) is 0.0779. The van der Waals surface area contributed by atoms with Gasteiger partial charge in [0.25, 0.3) is 0 Å². The average Bonchev–Trinajstić information content (AvgIpc) is 2.62. The number of nitrogens with zero attached hydrogens (tertiary/aromatic N) is 3. The second-order valence-corrected chi connectivity index (χ2v) is 5.11. The van der Waals surface area contributed by atoms with E-state index in [1.165, 1.54) is 0 Å². The maximum absolute atomic E-state index is 12.0. The number of benzene rings is 1. The van der Waals surface area contributed by atoms with E-state index in [4.69, 9.17) is 46.8 Å². The third kappa shape index (κ3) is 53.8. The van der Waals surface area contributed by atoms with Crippen LogP contribution in [0, 0.1) is 30.6 Å². The van der Waals surface area contributed by atoms with Crippen molar-refractivity contribution in [2.24, 2.45) is 11.5 Å². The van der Waals surface area contributed by atoms with Crippen molar-refractivity contribution in [3.05, 3.63) is 66.5 Å². The second-order valence-electron chi connectivity index (χ2n) is 5.11. The number of hydrogen-bond acceptors (Lipinski definition) is 14.